The number of amides is 1. The molecule has 8 nitrogen and oxygen atoms in total. The van der Waals surface area contributed by atoms with E-state index in [9.17, 15) is 19.7 Å². The lowest BCUT2D eigenvalue weighted by Gasteiger charge is -2.22. The van der Waals surface area contributed by atoms with Crippen molar-refractivity contribution in [2.24, 2.45) is 5.92 Å². The summed E-state index contributed by atoms with van der Waals surface area (Å²) in [5.74, 6) is -1.86. The lowest BCUT2D eigenvalue weighted by Crippen LogP contribution is -2.38. The van der Waals surface area contributed by atoms with Crippen molar-refractivity contribution in [3.05, 3.63) is 33.1 Å². The molecule has 0 aromatic carbocycles. The van der Waals surface area contributed by atoms with E-state index >= 15 is 0 Å². The second-order valence-corrected chi connectivity index (χ2v) is 5.12. The molecule has 0 aliphatic heterocycles. The zero-order valence-electron chi connectivity index (χ0n) is 11.4. The number of aromatic nitrogens is 1. The number of nitro groups is 1. The van der Waals surface area contributed by atoms with E-state index in [0.29, 0.717) is 0 Å². The van der Waals surface area contributed by atoms with Gasteiger partial charge in [-0.2, -0.15) is 0 Å². The number of halogens is 1. The molecule has 1 heterocycles. The Morgan fingerprint density at radius 3 is 2.62 bits per heavy atom. The van der Waals surface area contributed by atoms with Crippen LogP contribution in [0.25, 0.3) is 0 Å². The van der Waals surface area contributed by atoms with Gasteiger partial charge in [0.1, 0.15) is 17.9 Å². The van der Waals surface area contributed by atoms with Gasteiger partial charge < -0.3 is 10.0 Å². The van der Waals surface area contributed by atoms with Crippen molar-refractivity contribution in [2.45, 2.75) is 13.8 Å². The third-order valence-corrected chi connectivity index (χ3v) is 2.77. The zero-order chi connectivity index (χ0) is 16.2. The molecule has 1 rings (SSSR count). The Morgan fingerprint density at radius 1 is 1.52 bits per heavy atom. The predicted molar refractivity (Wildman–Crippen MR) is 74.3 cm³/mol. The Kier molecular flexibility index (Phi) is 5.60. The number of carboxylic acids is 1. The molecule has 0 unspecified atom stereocenters. The van der Waals surface area contributed by atoms with Crippen molar-refractivity contribution in [1.82, 2.24) is 9.88 Å². The van der Waals surface area contributed by atoms with Gasteiger partial charge in [0.2, 0.25) is 0 Å². The first-order chi connectivity index (χ1) is 9.72. The zero-order valence-corrected chi connectivity index (χ0v) is 12.2. The van der Waals surface area contributed by atoms with E-state index in [-0.39, 0.29) is 28.9 Å². The molecule has 1 N–H and O–H groups in total. The standard InChI is InChI=1S/C12H14ClN3O5/c1-7(2)5-15(6-10(17)18)12(19)9-3-8(16(20)21)4-14-11(9)13/h3-4,7H,5-6H2,1-2H3,(H,17,18). The van der Waals surface area contributed by atoms with Gasteiger partial charge in [-0.25, -0.2) is 4.98 Å². The van der Waals surface area contributed by atoms with Crippen molar-refractivity contribution < 1.29 is 19.6 Å². The van der Waals surface area contributed by atoms with Gasteiger partial charge in [-0.15, -0.1) is 0 Å². The number of carbonyl (C=O) groups excluding carboxylic acids is 1. The summed E-state index contributed by atoms with van der Waals surface area (Å²) in [5, 5.41) is 19.4. The van der Waals surface area contributed by atoms with Crippen LogP contribution in [0.2, 0.25) is 5.15 Å². The van der Waals surface area contributed by atoms with Crippen molar-refractivity contribution >= 4 is 29.2 Å². The molecule has 0 atom stereocenters. The SMILES string of the molecule is CC(C)CN(CC(=O)O)C(=O)c1cc([N+](=O)[O-])cnc1Cl. The maximum Gasteiger partial charge on any atom is 0.323 e. The van der Waals surface area contributed by atoms with Crippen LogP contribution in [0.4, 0.5) is 5.69 Å². The lowest BCUT2D eigenvalue weighted by atomic mass is 10.1. The number of rotatable bonds is 6. The van der Waals surface area contributed by atoms with Crippen LogP contribution < -0.4 is 0 Å². The fraction of sp³-hybridized carbons (Fsp3) is 0.417. The third kappa shape index (κ3) is 4.67. The summed E-state index contributed by atoms with van der Waals surface area (Å²) in [6.45, 7) is 3.30. The summed E-state index contributed by atoms with van der Waals surface area (Å²) in [4.78, 5) is 37.8. The molecule has 0 fully saturated rings. The molecule has 0 bridgehead atoms. The molecule has 0 saturated carbocycles. The highest BCUT2D eigenvalue weighted by Gasteiger charge is 2.24. The quantitative estimate of drug-likeness (QED) is 0.486. The van der Waals surface area contributed by atoms with Crippen LogP contribution in [0.15, 0.2) is 12.3 Å². The van der Waals surface area contributed by atoms with Crippen LogP contribution in [0, 0.1) is 16.0 Å². The van der Waals surface area contributed by atoms with Gasteiger partial charge in [-0.05, 0) is 5.92 Å². The first-order valence-corrected chi connectivity index (χ1v) is 6.41. The highest BCUT2D eigenvalue weighted by Crippen LogP contribution is 2.21. The molecule has 0 aliphatic carbocycles. The van der Waals surface area contributed by atoms with Gasteiger partial charge in [-0.1, -0.05) is 25.4 Å². The second-order valence-electron chi connectivity index (χ2n) is 4.76. The van der Waals surface area contributed by atoms with E-state index in [1.807, 2.05) is 13.8 Å². The molecule has 0 aliphatic rings. The normalized spacial score (nSPS) is 10.5. The van der Waals surface area contributed by atoms with Gasteiger partial charge >= 0.3 is 5.97 Å². The van der Waals surface area contributed by atoms with Crippen LogP contribution in [0.1, 0.15) is 24.2 Å². The minimum absolute atomic E-state index is 0.0266. The maximum absolute atomic E-state index is 12.3. The van der Waals surface area contributed by atoms with E-state index in [1.165, 1.54) is 0 Å². The second kappa shape index (κ2) is 6.98. The Labute approximate surface area is 125 Å². The van der Waals surface area contributed by atoms with E-state index in [1.54, 1.807) is 0 Å². The fourth-order valence-electron chi connectivity index (χ4n) is 1.68. The number of carbonyl (C=O) groups is 2. The molecular weight excluding hydrogens is 302 g/mol. The van der Waals surface area contributed by atoms with E-state index < -0.39 is 23.3 Å². The van der Waals surface area contributed by atoms with Crippen LogP contribution in [-0.4, -0.2) is 44.9 Å². The molecule has 0 radical (unpaired) electrons. The molecule has 1 amide bonds. The van der Waals surface area contributed by atoms with Gasteiger partial charge in [-0.3, -0.25) is 19.7 Å². The number of hydrogen-bond donors (Lipinski definition) is 1. The van der Waals surface area contributed by atoms with Crippen molar-refractivity contribution in [2.75, 3.05) is 13.1 Å². The molecule has 1 aromatic heterocycles. The highest BCUT2D eigenvalue weighted by molar-refractivity contribution is 6.32. The summed E-state index contributed by atoms with van der Waals surface area (Å²) >= 11 is 5.78. The minimum Gasteiger partial charge on any atom is -0.480 e. The molecule has 9 heteroatoms. The Bertz CT molecular complexity index is 576. The highest BCUT2D eigenvalue weighted by atomic mass is 35.5. The molecule has 0 spiro atoms. The minimum atomic E-state index is -1.18. The smallest absolute Gasteiger partial charge is 0.323 e. The molecule has 114 valence electrons. The molecule has 1 aromatic rings. The number of nitrogens with zero attached hydrogens (tertiary/aromatic N) is 3. The topological polar surface area (TPSA) is 114 Å². The van der Waals surface area contributed by atoms with Crippen molar-refractivity contribution in [3.8, 4) is 0 Å². The number of hydrogen-bond acceptors (Lipinski definition) is 5. The van der Waals surface area contributed by atoms with Crippen LogP contribution in [0.5, 0.6) is 0 Å². The summed E-state index contributed by atoms with van der Waals surface area (Å²) in [6.07, 6.45) is 0.934. The van der Waals surface area contributed by atoms with Gasteiger partial charge in [0.05, 0.1) is 10.5 Å². The average Bonchev–Trinajstić information content (AvgIpc) is 2.36. The first kappa shape index (κ1) is 16.8. The number of pyridine rings is 1. The van der Waals surface area contributed by atoms with Crippen LogP contribution >= 0.6 is 11.6 Å². The lowest BCUT2D eigenvalue weighted by molar-refractivity contribution is -0.385. The fourth-order valence-corrected chi connectivity index (χ4v) is 1.86. The average molecular weight is 316 g/mol. The van der Waals surface area contributed by atoms with Crippen LogP contribution in [0.3, 0.4) is 0 Å². The monoisotopic (exact) mass is 315 g/mol. The van der Waals surface area contributed by atoms with Gasteiger partial charge in [0.15, 0.2) is 0 Å². The number of carboxylic acid groups (broad SMARTS) is 1. The number of aliphatic carboxylic acids is 1. The van der Waals surface area contributed by atoms with E-state index in [0.717, 1.165) is 17.2 Å². The summed E-state index contributed by atoms with van der Waals surface area (Å²) in [7, 11) is 0. The van der Waals surface area contributed by atoms with Gasteiger partial charge in [0, 0.05) is 12.6 Å². The summed E-state index contributed by atoms with van der Waals surface area (Å²) in [5.41, 5.74) is -0.574. The molecular formula is C12H14ClN3O5. The Morgan fingerprint density at radius 2 is 2.14 bits per heavy atom. The van der Waals surface area contributed by atoms with Gasteiger partial charge in [0.25, 0.3) is 11.6 Å². The van der Waals surface area contributed by atoms with Crippen molar-refractivity contribution in [1.29, 1.82) is 0 Å². The molecule has 0 saturated heterocycles. The summed E-state index contributed by atoms with van der Waals surface area (Å²) < 4.78 is 0. The van der Waals surface area contributed by atoms with Crippen molar-refractivity contribution in [3.63, 3.8) is 0 Å². The maximum atomic E-state index is 12.3. The third-order valence-electron chi connectivity index (χ3n) is 2.46. The largest absolute Gasteiger partial charge is 0.480 e. The summed E-state index contributed by atoms with van der Waals surface area (Å²) in [6, 6.07) is 0.993. The predicted octanol–water partition coefficient (Wildman–Crippen LogP) is 1.83. The van der Waals surface area contributed by atoms with E-state index in [4.69, 9.17) is 16.7 Å². The molecule has 21 heavy (non-hydrogen) atoms. The van der Waals surface area contributed by atoms with Crippen LogP contribution in [-0.2, 0) is 4.79 Å². The Hall–Kier alpha value is -2.22. The first-order valence-electron chi connectivity index (χ1n) is 6.03. The van der Waals surface area contributed by atoms with E-state index in [2.05, 4.69) is 4.98 Å². The Balaban J connectivity index is 3.15.